The van der Waals surface area contributed by atoms with E-state index in [1.54, 1.807) is 24.7 Å². The molecule has 0 bridgehead atoms. The molecule has 0 unspecified atom stereocenters. The Bertz CT molecular complexity index is 1630. The average Bonchev–Trinajstić information content (AvgIpc) is 3.69. The van der Waals surface area contributed by atoms with Gasteiger partial charge >= 0.3 is 5.97 Å². The molecule has 1 fully saturated rings. The van der Waals surface area contributed by atoms with Crippen LogP contribution in [-0.4, -0.2) is 70.2 Å². The van der Waals surface area contributed by atoms with Crippen molar-refractivity contribution >= 4 is 28.3 Å². The number of aromatic nitrogens is 5. The summed E-state index contributed by atoms with van der Waals surface area (Å²) in [4.78, 5) is 24.2. The Labute approximate surface area is 225 Å². The number of esters is 1. The van der Waals surface area contributed by atoms with Gasteiger partial charge in [-0.2, -0.15) is 5.10 Å². The number of pyridine rings is 1. The third-order valence-corrected chi connectivity index (χ3v) is 7.13. The summed E-state index contributed by atoms with van der Waals surface area (Å²) in [6, 6.07) is 16.2. The maximum absolute atomic E-state index is 12.8. The Balaban J connectivity index is 1.53. The van der Waals surface area contributed by atoms with Crippen molar-refractivity contribution in [3.05, 3.63) is 78.4 Å². The highest BCUT2D eigenvalue weighted by Crippen LogP contribution is 2.36. The van der Waals surface area contributed by atoms with Gasteiger partial charge in [-0.15, -0.1) is 0 Å². The predicted molar refractivity (Wildman–Crippen MR) is 147 cm³/mol. The van der Waals surface area contributed by atoms with E-state index in [2.05, 4.69) is 32.8 Å². The standard InChI is InChI=1S/C29H30N6O4/c1-4-39-29(36)24-14-31-28-23(33(2)15-19-9-6-5-7-10-19)13-22(32-35(24)28)21-16-34(25-17-38-18-26(25)37-3)27-20(21)11-8-12-30-27/h5-14,16,25-26H,4,15,17-18H2,1-3H3/t25-,26-/m1/s1. The summed E-state index contributed by atoms with van der Waals surface area (Å²) in [5.74, 6) is -0.471. The number of fused-ring (bicyclic) bond motifs is 2. The van der Waals surface area contributed by atoms with Crippen molar-refractivity contribution in [2.24, 2.45) is 0 Å². The van der Waals surface area contributed by atoms with Gasteiger partial charge in [0.25, 0.3) is 0 Å². The molecule has 0 spiro atoms. The number of imidazole rings is 1. The van der Waals surface area contributed by atoms with Crippen molar-refractivity contribution in [1.29, 1.82) is 0 Å². The minimum atomic E-state index is -0.471. The molecule has 2 atom stereocenters. The van der Waals surface area contributed by atoms with Crippen molar-refractivity contribution in [1.82, 2.24) is 24.1 Å². The van der Waals surface area contributed by atoms with Crippen molar-refractivity contribution in [2.45, 2.75) is 25.6 Å². The summed E-state index contributed by atoms with van der Waals surface area (Å²) in [5, 5.41) is 5.86. The van der Waals surface area contributed by atoms with Crippen molar-refractivity contribution in [2.75, 3.05) is 38.9 Å². The smallest absolute Gasteiger partial charge is 0.358 e. The Morgan fingerprint density at radius 1 is 1.13 bits per heavy atom. The van der Waals surface area contributed by atoms with E-state index in [0.717, 1.165) is 27.8 Å². The average molecular weight is 527 g/mol. The van der Waals surface area contributed by atoms with E-state index in [1.165, 1.54) is 6.20 Å². The third kappa shape index (κ3) is 4.51. The Morgan fingerprint density at radius 3 is 2.77 bits per heavy atom. The first-order chi connectivity index (χ1) is 19.1. The molecule has 39 heavy (non-hydrogen) atoms. The first kappa shape index (κ1) is 25.0. The maximum atomic E-state index is 12.8. The van der Waals surface area contributed by atoms with Crippen molar-refractivity contribution in [3.63, 3.8) is 0 Å². The molecular weight excluding hydrogens is 496 g/mol. The highest BCUT2D eigenvalue weighted by molar-refractivity contribution is 5.95. The van der Waals surface area contributed by atoms with Crippen LogP contribution in [0.3, 0.4) is 0 Å². The topological polar surface area (TPSA) is 96.0 Å². The van der Waals surface area contributed by atoms with Crippen LogP contribution in [0.5, 0.6) is 0 Å². The summed E-state index contributed by atoms with van der Waals surface area (Å²) >= 11 is 0. The molecule has 0 saturated carbocycles. The quantitative estimate of drug-likeness (QED) is 0.278. The number of ether oxygens (including phenoxy) is 3. The van der Waals surface area contributed by atoms with Crippen LogP contribution < -0.4 is 4.90 Å². The van der Waals surface area contributed by atoms with Gasteiger partial charge in [0.1, 0.15) is 11.8 Å². The molecule has 0 aliphatic carbocycles. The largest absolute Gasteiger partial charge is 0.461 e. The zero-order valence-electron chi connectivity index (χ0n) is 22.2. The van der Waals surface area contributed by atoms with Crippen LogP contribution in [0.2, 0.25) is 0 Å². The van der Waals surface area contributed by atoms with E-state index >= 15 is 0 Å². The fourth-order valence-electron chi connectivity index (χ4n) is 5.20. The number of carbonyl (C=O) groups is 1. The van der Waals surface area contributed by atoms with Gasteiger partial charge < -0.3 is 23.7 Å². The maximum Gasteiger partial charge on any atom is 0.358 e. The van der Waals surface area contributed by atoms with Crippen LogP contribution >= 0.6 is 0 Å². The number of hydrogen-bond acceptors (Lipinski definition) is 8. The molecule has 1 aliphatic heterocycles. The monoisotopic (exact) mass is 526 g/mol. The van der Waals surface area contributed by atoms with E-state index < -0.39 is 5.97 Å². The zero-order valence-corrected chi connectivity index (χ0v) is 22.2. The number of methoxy groups -OCH3 is 1. The predicted octanol–water partition coefficient (Wildman–Crippen LogP) is 4.15. The number of benzene rings is 1. The van der Waals surface area contributed by atoms with Crippen molar-refractivity contribution < 1.29 is 19.0 Å². The fourth-order valence-corrected chi connectivity index (χ4v) is 5.20. The Hall–Kier alpha value is -4.28. The lowest BCUT2D eigenvalue weighted by Crippen LogP contribution is -2.24. The molecule has 1 aromatic carbocycles. The molecule has 5 heterocycles. The van der Waals surface area contributed by atoms with Crippen LogP contribution in [0.15, 0.2) is 67.1 Å². The fraction of sp³-hybridized carbons (Fsp3) is 0.310. The summed E-state index contributed by atoms with van der Waals surface area (Å²) in [6.45, 7) is 3.75. The molecule has 5 aromatic rings. The van der Waals surface area contributed by atoms with Gasteiger partial charge in [0.2, 0.25) is 0 Å². The molecule has 10 heteroatoms. The second-order valence-electron chi connectivity index (χ2n) is 9.56. The Kier molecular flexibility index (Phi) is 6.72. The highest BCUT2D eigenvalue weighted by atomic mass is 16.5. The Morgan fingerprint density at radius 2 is 1.97 bits per heavy atom. The molecule has 200 valence electrons. The van der Waals surface area contributed by atoms with Gasteiger partial charge in [-0.3, -0.25) is 0 Å². The van der Waals surface area contributed by atoms with Crippen LogP contribution in [0, 0.1) is 0 Å². The molecule has 4 aromatic heterocycles. The molecule has 0 radical (unpaired) electrons. The van der Waals surface area contributed by atoms with Gasteiger partial charge in [-0.1, -0.05) is 30.3 Å². The molecule has 10 nitrogen and oxygen atoms in total. The molecule has 0 N–H and O–H groups in total. The molecule has 1 aliphatic rings. The van der Waals surface area contributed by atoms with Crippen LogP contribution in [0.25, 0.3) is 27.9 Å². The van der Waals surface area contributed by atoms with Crippen molar-refractivity contribution in [3.8, 4) is 11.3 Å². The second-order valence-corrected chi connectivity index (χ2v) is 9.56. The minimum Gasteiger partial charge on any atom is -0.461 e. The van der Waals surface area contributed by atoms with Gasteiger partial charge in [0.05, 0.1) is 43.4 Å². The lowest BCUT2D eigenvalue weighted by molar-refractivity contribution is 0.0516. The molecule has 0 amide bonds. The molecule has 6 rings (SSSR count). The van der Waals surface area contributed by atoms with E-state index in [-0.39, 0.29) is 24.4 Å². The highest BCUT2D eigenvalue weighted by Gasteiger charge is 2.32. The molecule has 1 saturated heterocycles. The number of nitrogens with zero attached hydrogens (tertiary/aromatic N) is 6. The van der Waals surface area contributed by atoms with Gasteiger partial charge in [0.15, 0.2) is 11.3 Å². The summed E-state index contributed by atoms with van der Waals surface area (Å²) in [6.07, 6.45) is 5.28. The lowest BCUT2D eigenvalue weighted by atomic mass is 10.1. The van der Waals surface area contributed by atoms with Gasteiger partial charge in [0, 0.05) is 44.0 Å². The summed E-state index contributed by atoms with van der Waals surface area (Å²) in [7, 11) is 3.71. The van der Waals surface area contributed by atoms with E-state index in [0.29, 0.717) is 31.1 Å². The minimum absolute atomic E-state index is 0.0200. The SMILES string of the molecule is CCOC(=O)c1cnc2c(N(C)Cc3ccccc3)cc(-c3cn([C@@H]4COC[C@H]4OC)c4ncccc34)nn12. The van der Waals surface area contributed by atoms with Crippen LogP contribution in [0.1, 0.15) is 29.0 Å². The van der Waals surface area contributed by atoms with Crippen LogP contribution in [-0.2, 0) is 20.8 Å². The van der Waals surface area contributed by atoms with Gasteiger partial charge in [-0.25, -0.2) is 19.3 Å². The normalized spacial score (nSPS) is 17.2. The lowest BCUT2D eigenvalue weighted by Gasteiger charge is -2.21. The second kappa shape index (κ2) is 10.5. The first-order valence-electron chi connectivity index (χ1n) is 13.0. The number of rotatable bonds is 8. The third-order valence-electron chi connectivity index (χ3n) is 7.13. The van der Waals surface area contributed by atoms with E-state index in [1.807, 2.05) is 43.4 Å². The number of carbonyl (C=O) groups excluding carboxylic acids is 1. The summed E-state index contributed by atoms with van der Waals surface area (Å²) in [5.41, 5.74) is 5.23. The first-order valence-corrected chi connectivity index (χ1v) is 13.0. The number of anilines is 1. The van der Waals surface area contributed by atoms with E-state index in [9.17, 15) is 4.79 Å². The zero-order chi connectivity index (χ0) is 26.9. The molecular formula is C29H30N6O4. The summed E-state index contributed by atoms with van der Waals surface area (Å²) < 4.78 is 20.4. The van der Waals surface area contributed by atoms with Crippen LogP contribution in [0.4, 0.5) is 5.69 Å². The van der Waals surface area contributed by atoms with E-state index in [4.69, 9.17) is 24.3 Å². The number of hydrogen-bond donors (Lipinski definition) is 0. The van der Waals surface area contributed by atoms with Gasteiger partial charge in [-0.05, 0) is 30.7 Å².